The van der Waals surface area contributed by atoms with Crippen molar-refractivity contribution in [2.75, 3.05) is 20.1 Å². The van der Waals surface area contributed by atoms with Crippen LogP contribution in [0.2, 0.25) is 0 Å². The van der Waals surface area contributed by atoms with Crippen LogP contribution in [-0.4, -0.2) is 30.9 Å². The summed E-state index contributed by atoms with van der Waals surface area (Å²) in [5.74, 6) is 0.106. The van der Waals surface area contributed by atoms with Crippen LogP contribution in [0.15, 0.2) is 18.2 Å². The maximum absolute atomic E-state index is 12.2. The lowest BCUT2D eigenvalue weighted by Gasteiger charge is -2.17. The Bertz CT molecular complexity index is 381. The average Bonchev–Trinajstić information content (AvgIpc) is 2.32. The number of rotatable bonds is 6. The van der Waals surface area contributed by atoms with Crippen LogP contribution in [0, 0.1) is 13.8 Å². The number of hydrogen-bond donors (Lipinski definition) is 1. The highest BCUT2D eigenvalue weighted by Crippen LogP contribution is 2.11. The van der Waals surface area contributed by atoms with E-state index in [1.807, 2.05) is 33.0 Å². The van der Waals surface area contributed by atoms with Gasteiger partial charge in [0.2, 0.25) is 0 Å². The van der Waals surface area contributed by atoms with E-state index < -0.39 is 0 Å². The van der Waals surface area contributed by atoms with Gasteiger partial charge in [0, 0.05) is 19.2 Å². The van der Waals surface area contributed by atoms with Crippen molar-refractivity contribution >= 4 is 5.91 Å². The van der Waals surface area contributed by atoms with Crippen LogP contribution in [0.3, 0.4) is 0 Å². The summed E-state index contributed by atoms with van der Waals surface area (Å²) in [5, 5.41) is 0. The summed E-state index contributed by atoms with van der Waals surface area (Å²) >= 11 is 0. The molecular weight excluding hydrogens is 224 g/mol. The van der Waals surface area contributed by atoms with Gasteiger partial charge in [-0.05, 0) is 45.4 Å². The first-order chi connectivity index (χ1) is 8.54. The highest BCUT2D eigenvalue weighted by Gasteiger charge is 2.11. The van der Waals surface area contributed by atoms with Gasteiger partial charge in [0.05, 0.1) is 0 Å². The van der Waals surface area contributed by atoms with Crippen molar-refractivity contribution in [3.63, 3.8) is 0 Å². The molecule has 2 N–H and O–H groups in total. The van der Waals surface area contributed by atoms with E-state index in [4.69, 9.17) is 5.73 Å². The van der Waals surface area contributed by atoms with Crippen molar-refractivity contribution in [2.45, 2.75) is 33.1 Å². The zero-order valence-electron chi connectivity index (χ0n) is 11.7. The molecule has 1 amide bonds. The molecule has 0 unspecified atom stereocenters. The van der Waals surface area contributed by atoms with Crippen molar-refractivity contribution < 1.29 is 4.79 Å². The Kier molecular flexibility index (Phi) is 5.86. The molecule has 3 nitrogen and oxygen atoms in total. The number of hydrogen-bond acceptors (Lipinski definition) is 2. The van der Waals surface area contributed by atoms with Crippen LogP contribution >= 0.6 is 0 Å². The van der Waals surface area contributed by atoms with E-state index in [-0.39, 0.29) is 5.91 Å². The minimum Gasteiger partial charge on any atom is -0.342 e. The van der Waals surface area contributed by atoms with Crippen molar-refractivity contribution in [2.24, 2.45) is 5.73 Å². The van der Waals surface area contributed by atoms with Gasteiger partial charge >= 0.3 is 0 Å². The molecule has 0 atom stereocenters. The summed E-state index contributed by atoms with van der Waals surface area (Å²) in [5.41, 5.74) is 8.50. The minimum atomic E-state index is 0.106. The first-order valence-corrected chi connectivity index (χ1v) is 6.58. The molecular formula is C15H24N2O. The van der Waals surface area contributed by atoms with Gasteiger partial charge in [-0.1, -0.05) is 23.6 Å². The molecule has 0 aliphatic rings. The number of nitrogens with zero attached hydrogens (tertiary/aromatic N) is 1. The van der Waals surface area contributed by atoms with Gasteiger partial charge in [0.25, 0.3) is 5.91 Å². The molecule has 1 aromatic rings. The maximum Gasteiger partial charge on any atom is 0.253 e. The van der Waals surface area contributed by atoms with Crippen LogP contribution in [0.4, 0.5) is 0 Å². The average molecular weight is 248 g/mol. The van der Waals surface area contributed by atoms with E-state index in [0.717, 1.165) is 49.0 Å². The van der Waals surface area contributed by atoms with Crippen LogP contribution in [0.25, 0.3) is 0 Å². The summed E-state index contributed by atoms with van der Waals surface area (Å²) in [6.45, 7) is 5.57. The Hall–Kier alpha value is -1.35. The van der Waals surface area contributed by atoms with Gasteiger partial charge in [-0.2, -0.15) is 0 Å². The smallest absolute Gasteiger partial charge is 0.253 e. The van der Waals surface area contributed by atoms with Gasteiger partial charge in [-0.15, -0.1) is 0 Å². The molecule has 0 aromatic heterocycles. The predicted octanol–water partition coefficient (Wildman–Crippen LogP) is 2.50. The fraction of sp³-hybridized carbons (Fsp3) is 0.533. The Morgan fingerprint density at radius 1 is 1.11 bits per heavy atom. The largest absolute Gasteiger partial charge is 0.342 e. The molecule has 0 aliphatic carbocycles. The molecule has 0 bridgehead atoms. The predicted molar refractivity (Wildman–Crippen MR) is 75.8 cm³/mol. The number of nitrogens with two attached hydrogens (primary N) is 1. The van der Waals surface area contributed by atoms with E-state index in [1.54, 1.807) is 4.90 Å². The summed E-state index contributed by atoms with van der Waals surface area (Å²) in [4.78, 5) is 14.0. The highest BCUT2D eigenvalue weighted by molar-refractivity contribution is 5.94. The highest BCUT2D eigenvalue weighted by atomic mass is 16.2. The second-order valence-electron chi connectivity index (χ2n) is 4.95. The third kappa shape index (κ3) is 4.49. The molecule has 100 valence electrons. The topological polar surface area (TPSA) is 46.3 Å². The fourth-order valence-electron chi connectivity index (χ4n) is 2.09. The SMILES string of the molecule is Cc1cc(C)cc(C(=O)N(C)CCCCCN)c1. The van der Waals surface area contributed by atoms with E-state index in [1.165, 1.54) is 0 Å². The molecule has 0 fully saturated rings. The number of carbonyl (C=O) groups excluding carboxylic acids is 1. The molecule has 1 rings (SSSR count). The second-order valence-corrected chi connectivity index (χ2v) is 4.95. The fourth-order valence-corrected chi connectivity index (χ4v) is 2.09. The molecule has 0 aliphatic heterocycles. The van der Waals surface area contributed by atoms with Crippen molar-refractivity contribution in [3.05, 3.63) is 34.9 Å². The lowest BCUT2D eigenvalue weighted by molar-refractivity contribution is 0.0792. The van der Waals surface area contributed by atoms with Gasteiger partial charge < -0.3 is 10.6 Å². The molecule has 0 spiro atoms. The third-order valence-electron chi connectivity index (χ3n) is 3.01. The summed E-state index contributed by atoms with van der Waals surface area (Å²) in [6, 6.07) is 5.98. The number of unbranched alkanes of at least 4 members (excludes halogenated alkanes) is 2. The Morgan fingerprint density at radius 3 is 2.28 bits per heavy atom. The quantitative estimate of drug-likeness (QED) is 0.786. The Balaban J connectivity index is 2.57. The van der Waals surface area contributed by atoms with Crippen LogP contribution in [0.1, 0.15) is 40.7 Å². The lowest BCUT2D eigenvalue weighted by Crippen LogP contribution is -2.28. The Morgan fingerprint density at radius 2 is 1.72 bits per heavy atom. The molecule has 0 radical (unpaired) electrons. The van der Waals surface area contributed by atoms with Gasteiger partial charge in [-0.3, -0.25) is 4.79 Å². The first-order valence-electron chi connectivity index (χ1n) is 6.58. The Labute approximate surface area is 110 Å². The maximum atomic E-state index is 12.2. The number of benzene rings is 1. The van der Waals surface area contributed by atoms with Crippen LogP contribution in [0.5, 0.6) is 0 Å². The number of aryl methyl sites for hydroxylation is 2. The zero-order chi connectivity index (χ0) is 13.5. The van der Waals surface area contributed by atoms with Crippen molar-refractivity contribution in [3.8, 4) is 0 Å². The van der Waals surface area contributed by atoms with Gasteiger partial charge in [0.1, 0.15) is 0 Å². The number of amides is 1. The molecule has 0 saturated heterocycles. The number of carbonyl (C=O) groups is 1. The van der Waals surface area contributed by atoms with Gasteiger partial charge in [-0.25, -0.2) is 0 Å². The summed E-state index contributed by atoms with van der Waals surface area (Å²) in [7, 11) is 1.86. The minimum absolute atomic E-state index is 0.106. The third-order valence-corrected chi connectivity index (χ3v) is 3.01. The van der Waals surface area contributed by atoms with Crippen LogP contribution < -0.4 is 5.73 Å². The van der Waals surface area contributed by atoms with Crippen molar-refractivity contribution in [1.29, 1.82) is 0 Å². The van der Waals surface area contributed by atoms with Gasteiger partial charge in [0.15, 0.2) is 0 Å². The van der Waals surface area contributed by atoms with Crippen molar-refractivity contribution in [1.82, 2.24) is 4.90 Å². The molecule has 18 heavy (non-hydrogen) atoms. The first kappa shape index (κ1) is 14.7. The molecule has 0 saturated carbocycles. The molecule has 1 aromatic carbocycles. The van der Waals surface area contributed by atoms with E-state index in [0.29, 0.717) is 0 Å². The van der Waals surface area contributed by atoms with E-state index in [9.17, 15) is 4.79 Å². The standard InChI is InChI=1S/C15H24N2O/c1-12-9-13(2)11-14(10-12)15(18)17(3)8-6-4-5-7-16/h9-11H,4-8,16H2,1-3H3. The zero-order valence-corrected chi connectivity index (χ0v) is 11.7. The summed E-state index contributed by atoms with van der Waals surface area (Å²) < 4.78 is 0. The lowest BCUT2D eigenvalue weighted by atomic mass is 10.1. The normalized spacial score (nSPS) is 10.4. The molecule has 0 heterocycles. The van der Waals surface area contributed by atoms with E-state index >= 15 is 0 Å². The monoisotopic (exact) mass is 248 g/mol. The molecule has 3 heteroatoms. The summed E-state index contributed by atoms with van der Waals surface area (Å²) in [6.07, 6.45) is 3.14. The van der Waals surface area contributed by atoms with E-state index in [2.05, 4.69) is 6.07 Å². The van der Waals surface area contributed by atoms with Crippen LogP contribution in [-0.2, 0) is 0 Å². The second kappa shape index (κ2) is 7.17.